The molecule has 10 heteroatoms. The lowest BCUT2D eigenvalue weighted by atomic mass is 9.97. The van der Waals surface area contributed by atoms with Crippen molar-refractivity contribution in [2.75, 3.05) is 39.3 Å². The molecule has 0 atom stereocenters. The molecule has 2 saturated carbocycles. The third kappa shape index (κ3) is 207. The summed E-state index contributed by atoms with van der Waals surface area (Å²) in [6, 6.07) is 0. The van der Waals surface area contributed by atoms with Crippen molar-refractivity contribution in [2.24, 2.45) is 30.1 Å². The largest absolute Gasteiger partial charge is 0.480 e. The van der Waals surface area contributed by atoms with Crippen molar-refractivity contribution in [3.05, 3.63) is 122 Å². The standard InChI is InChI=1S/C7H12.C7H10.2C6H9N.C6H10.C6H8.2C5H7N.C3H7N3.C3H6N2O.20C2H6.CH4/c2*1-7-5-3-2-4-6-7;1-6-3-2-4-7-5-6;1-6-4-2-3-5-7-6;2*1-6-4-2-3-5-6;1-5-2-3-6-4-5;1-5-3-2-4-6-5;1-2-5-6-3-4-1;1-2-6-3-5-4-1;20*1-2;/h1-6H2;3,5H,1-2,4,6H2;2*5H,1-4H2;1-5H2;2,4H,1,3,5H2;2*4H,1-3H2;3,5H,1-2H2,(H,4,6);3-4H,1-2H2;20*1-2H3;1H4. The Morgan fingerprint density at radius 1 is 0.314 bits per heavy atom. The van der Waals surface area contributed by atoms with E-state index in [4.69, 9.17) is 4.74 Å². The van der Waals surface area contributed by atoms with E-state index < -0.39 is 0 Å². The zero-order chi connectivity index (χ0) is 86.6. The second kappa shape index (κ2) is 212. The molecule has 4 aliphatic carbocycles. The minimum Gasteiger partial charge on any atom is -0.480 e. The molecule has 0 aromatic rings. The Balaban J connectivity index is -0.0000000373. The molecule has 0 bridgehead atoms. The van der Waals surface area contributed by atoms with E-state index in [1.165, 1.54) is 137 Å². The van der Waals surface area contributed by atoms with Crippen molar-refractivity contribution in [3.63, 3.8) is 0 Å². The van der Waals surface area contributed by atoms with E-state index in [0.29, 0.717) is 0 Å². The van der Waals surface area contributed by atoms with E-state index in [2.05, 4.69) is 123 Å². The van der Waals surface area contributed by atoms with Gasteiger partial charge in [0, 0.05) is 55.9 Å². The van der Waals surface area contributed by atoms with Crippen LogP contribution in [0.15, 0.2) is 152 Å². The third-order valence-electron chi connectivity index (χ3n) is 10.1. The van der Waals surface area contributed by atoms with Crippen molar-refractivity contribution in [2.45, 2.75) is 426 Å². The second-order valence-electron chi connectivity index (χ2n) is 16.4. The molecule has 10 nitrogen and oxygen atoms in total. The Morgan fingerprint density at radius 3 is 0.800 bits per heavy atom. The van der Waals surface area contributed by atoms with E-state index in [1.807, 2.05) is 302 Å². The molecule has 0 aromatic heterocycles. The number of hydrazine groups is 1. The normalized spacial score (nSPS) is 13.6. The molecule has 640 valence electrons. The van der Waals surface area contributed by atoms with Crippen LogP contribution in [-0.2, 0) is 4.74 Å². The van der Waals surface area contributed by atoms with Crippen LogP contribution >= 0.6 is 0 Å². The van der Waals surface area contributed by atoms with E-state index in [-0.39, 0.29) is 7.43 Å². The summed E-state index contributed by atoms with van der Waals surface area (Å²) in [6.45, 7) is 116. The first-order chi connectivity index (χ1) is 51.2. The SMILES string of the molecule is C.C1=NCCNN1.C1=NNCCO1.C=C1C=CCC1.C=C1C=CCCC1.C=C1C=NCC1.C=C1C=NCCC1.C=C1CCC=N1.C=C1CCCC1.C=C1CCCC=N1.C=C1CCCCC1.CC.CC.CC.CC.CC.CC.CC.CC.CC.CC.CC.CC.CC.CC.CC.CC.CC.CC.CC.CC. The van der Waals surface area contributed by atoms with E-state index in [9.17, 15) is 0 Å². The molecule has 0 amide bonds. The van der Waals surface area contributed by atoms with Gasteiger partial charge in [-0.2, -0.15) is 0 Å². The number of hydrogen-bond donors (Lipinski definition) is 3. The number of hydrazone groups is 1. The first-order valence-corrected chi connectivity index (χ1v) is 43.8. The lowest BCUT2D eigenvalue weighted by Gasteiger charge is -2.10. The summed E-state index contributed by atoms with van der Waals surface area (Å²) in [5, 5.41) is 3.58. The molecule has 0 aromatic carbocycles. The average Bonchev–Trinajstić information content (AvgIpc) is 2.35. The monoisotopic (exact) mass is 1490 g/mol. The van der Waals surface area contributed by atoms with Gasteiger partial charge in [-0.05, 0) is 146 Å². The predicted octanol–water partition coefficient (Wildman–Crippen LogP) is 34.2. The zero-order valence-corrected chi connectivity index (χ0v) is 79.8. The first-order valence-electron chi connectivity index (χ1n) is 43.8. The van der Waals surface area contributed by atoms with Crippen LogP contribution in [0.3, 0.4) is 0 Å². The van der Waals surface area contributed by atoms with Crippen molar-refractivity contribution in [3.8, 4) is 0 Å². The van der Waals surface area contributed by atoms with E-state index in [0.717, 1.165) is 94.8 Å². The van der Waals surface area contributed by atoms with Crippen LogP contribution in [0, 0.1) is 0 Å². The molecule has 10 rings (SSSR count). The van der Waals surface area contributed by atoms with Crippen LogP contribution in [0.4, 0.5) is 0 Å². The zero-order valence-electron chi connectivity index (χ0n) is 79.8. The molecule has 6 aliphatic heterocycles. The fourth-order valence-electron chi connectivity index (χ4n) is 6.22. The highest BCUT2D eigenvalue weighted by Crippen LogP contribution is 2.21. The maximum atomic E-state index is 4.72. The maximum Gasteiger partial charge on any atom is 0.192 e. The van der Waals surface area contributed by atoms with Crippen molar-refractivity contribution >= 4 is 37.6 Å². The van der Waals surface area contributed by atoms with Gasteiger partial charge < -0.3 is 15.6 Å². The molecule has 0 saturated heterocycles. The summed E-state index contributed by atoms with van der Waals surface area (Å²) in [5.41, 5.74) is 18.2. The van der Waals surface area contributed by atoms with Crippen molar-refractivity contribution < 1.29 is 4.74 Å². The number of allylic oxidation sites excluding steroid dienone is 11. The van der Waals surface area contributed by atoms with Gasteiger partial charge in [-0.25, -0.2) is 5.43 Å². The summed E-state index contributed by atoms with van der Waals surface area (Å²) in [7, 11) is 0. The van der Waals surface area contributed by atoms with Crippen molar-refractivity contribution in [1.82, 2.24) is 16.3 Å². The molecule has 2 fully saturated rings. The van der Waals surface area contributed by atoms with Gasteiger partial charge in [-0.3, -0.25) is 25.0 Å². The van der Waals surface area contributed by atoms with Crippen LogP contribution in [0.2, 0.25) is 0 Å². The number of nitrogens with zero attached hydrogens (tertiary/aromatic N) is 6. The number of hydrogen-bond acceptors (Lipinski definition) is 10. The quantitative estimate of drug-likeness (QED) is 0.209. The maximum absolute atomic E-state index is 4.72. The lowest BCUT2D eigenvalue weighted by molar-refractivity contribution is 0.293. The number of nitrogens with one attached hydrogen (secondary N) is 3. The Labute approximate surface area is 671 Å². The molecule has 0 radical (unpaired) electrons. The summed E-state index contributed by atoms with van der Waals surface area (Å²) in [4.78, 5) is 19.8. The van der Waals surface area contributed by atoms with Gasteiger partial charge in [0.05, 0.1) is 19.4 Å². The summed E-state index contributed by atoms with van der Waals surface area (Å²) in [6.07, 6.45) is 46.5. The lowest BCUT2D eigenvalue weighted by Crippen LogP contribution is -2.36. The highest BCUT2D eigenvalue weighted by molar-refractivity contribution is 5.79. The van der Waals surface area contributed by atoms with Crippen LogP contribution in [-0.4, -0.2) is 76.9 Å². The Hall–Kier alpha value is -5.22. The van der Waals surface area contributed by atoms with Crippen LogP contribution in [0.5, 0.6) is 0 Å². The van der Waals surface area contributed by atoms with Gasteiger partial charge in [0.25, 0.3) is 0 Å². The van der Waals surface area contributed by atoms with Crippen LogP contribution < -0.4 is 16.3 Å². The van der Waals surface area contributed by atoms with Crippen LogP contribution in [0.1, 0.15) is 426 Å². The van der Waals surface area contributed by atoms with Gasteiger partial charge in [-0.1, -0.05) is 390 Å². The fraction of sp³-hybridized carbons (Fsp3) is 0.726. The topological polar surface area (TPSA) is 119 Å². The van der Waals surface area contributed by atoms with Gasteiger partial charge in [-0.15, -0.1) is 5.10 Å². The van der Waals surface area contributed by atoms with Gasteiger partial charge in [0.2, 0.25) is 0 Å². The minimum absolute atomic E-state index is 0. The smallest absolute Gasteiger partial charge is 0.192 e. The molecular weight excluding hydrogens is 1280 g/mol. The molecule has 3 N–H and O–H groups in total. The van der Waals surface area contributed by atoms with Gasteiger partial charge in [0.15, 0.2) is 6.40 Å². The second-order valence-corrected chi connectivity index (χ2v) is 16.4. The Kier molecular flexibility index (Phi) is 316. The third-order valence-corrected chi connectivity index (χ3v) is 10.1. The highest BCUT2D eigenvalue weighted by Gasteiger charge is 2.02. The molecule has 10 aliphatic rings. The first kappa shape index (κ1) is 157. The molecular formula is C95H209N9O. The molecule has 105 heavy (non-hydrogen) atoms. The summed E-state index contributed by atoms with van der Waals surface area (Å²) >= 11 is 0. The predicted molar refractivity (Wildman–Crippen MR) is 517 cm³/mol. The highest BCUT2D eigenvalue weighted by atomic mass is 16.5. The average molecular weight is 1490 g/mol. The van der Waals surface area contributed by atoms with E-state index in [1.54, 1.807) is 6.34 Å². The van der Waals surface area contributed by atoms with Crippen molar-refractivity contribution in [1.29, 1.82) is 0 Å². The van der Waals surface area contributed by atoms with Crippen LogP contribution in [0.25, 0.3) is 0 Å². The Bertz CT molecular complexity index is 1470. The fourth-order valence-corrected chi connectivity index (χ4v) is 6.22. The van der Waals surface area contributed by atoms with Gasteiger partial charge >= 0.3 is 0 Å². The molecule has 0 unspecified atom stereocenters. The van der Waals surface area contributed by atoms with Gasteiger partial charge in [0.1, 0.15) is 6.61 Å². The number of aliphatic imine (C=N–C) groups is 5. The summed E-state index contributed by atoms with van der Waals surface area (Å²) < 4.78 is 4.72. The summed E-state index contributed by atoms with van der Waals surface area (Å²) in [5.74, 6) is 0. The minimum atomic E-state index is 0. The molecule has 6 heterocycles. The number of rotatable bonds is 0. The number of ether oxygens (including phenoxy) is 1. The molecule has 0 spiro atoms. The van der Waals surface area contributed by atoms with E-state index >= 15 is 0 Å². The Morgan fingerprint density at radius 2 is 0.676 bits per heavy atom.